The molecule has 0 unspecified atom stereocenters. The highest BCUT2D eigenvalue weighted by molar-refractivity contribution is 7.90. The number of rotatable bonds is 5. The molecule has 1 aromatic carbocycles. The standard InChI is InChI=1S/C14H14F2N2O4S/c1-3-14(4-5-14)8-17-13(19)18-23(20,21)12-7-9(15)11(22-2)6-10(12)16/h1,6-7H,4-5,8H2,2H3,(H2,17,18,19). The molecule has 1 saturated carbocycles. The number of hydrogen-bond acceptors (Lipinski definition) is 4. The van der Waals surface area contributed by atoms with Gasteiger partial charge in [-0.15, -0.1) is 6.42 Å². The lowest BCUT2D eigenvalue weighted by Crippen LogP contribution is -2.41. The molecule has 2 amide bonds. The Morgan fingerprint density at radius 3 is 2.57 bits per heavy atom. The second-order valence-corrected chi connectivity index (χ2v) is 6.78. The van der Waals surface area contributed by atoms with Crippen LogP contribution in [0, 0.1) is 29.4 Å². The summed E-state index contributed by atoms with van der Waals surface area (Å²) in [6, 6.07) is -0.0467. The lowest BCUT2D eigenvalue weighted by Gasteiger charge is -2.12. The Hall–Kier alpha value is -2.34. The number of terminal acetylenes is 1. The first-order valence-corrected chi connectivity index (χ1v) is 8.03. The molecule has 0 aliphatic heterocycles. The van der Waals surface area contributed by atoms with Gasteiger partial charge in [0.1, 0.15) is 10.7 Å². The van der Waals surface area contributed by atoms with Crippen molar-refractivity contribution in [1.82, 2.24) is 10.0 Å². The zero-order valence-electron chi connectivity index (χ0n) is 12.2. The molecule has 23 heavy (non-hydrogen) atoms. The zero-order valence-corrected chi connectivity index (χ0v) is 13.0. The van der Waals surface area contributed by atoms with Gasteiger partial charge in [-0.1, -0.05) is 5.92 Å². The van der Waals surface area contributed by atoms with Gasteiger partial charge < -0.3 is 10.1 Å². The van der Waals surface area contributed by atoms with Gasteiger partial charge in [-0.2, -0.15) is 0 Å². The van der Waals surface area contributed by atoms with Gasteiger partial charge in [-0.05, 0) is 12.8 Å². The molecule has 1 aliphatic carbocycles. The van der Waals surface area contributed by atoms with Crippen molar-refractivity contribution in [2.24, 2.45) is 5.41 Å². The van der Waals surface area contributed by atoms with Crippen molar-refractivity contribution in [2.75, 3.05) is 13.7 Å². The summed E-state index contributed by atoms with van der Waals surface area (Å²) in [5.41, 5.74) is -0.446. The predicted octanol–water partition coefficient (Wildman–Crippen LogP) is 1.37. The average Bonchev–Trinajstić information content (AvgIpc) is 3.27. The number of sulfonamides is 1. The molecule has 1 aliphatic rings. The second kappa shape index (κ2) is 6.04. The summed E-state index contributed by atoms with van der Waals surface area (Å²) < 4.78 is 57.4. The van der Waals surface area contributed by atoms with Crippen LogP contribution < -0.4 is 14.8 Å². The van der Waals surface area contributed by atoms with Crippen LogP contribution in [0.15, 0.2) is 17.0 Å². The summed E-state index contributed by atoms with van der Waals surface area (Å²) in [4.78, 5) is 10.6. The maximum absolute atomic E-state index is 13.8. The molecule has 2 rings (SSSR count). The normalized spacial score (nSPS) is 15.4. The highest BCUT2D eigenvalue weighted by Crippen LogP contribution is 2.43. The van der Waals surface area contributed by atoms with Crippen LogP contribution >= 0.6 is 0 Å². The van der Waals surface area contributed by atoms with Gasteiger partial charge in [0.05, 0.1) is 7.11 Å². The van der Waals surface area contributed by atoms with E-state index in [4.69, 9.17) is 6.42 Å². The summed E-state index contributed by atoms with van der Waals surface area (Å²) in [5, 5.41) is 2.31. The minimum Gasteiger partial charge on any atom is -0.494 e. The van der Waals surface area contributed by atoms with E-state index in [1.54, 1.807) is 4.72 Å². The maximum Gasteiger partial charge on any atom is 0.328 e. The number of ether oxygens (including phenoxy) is 1. The molecule has 1 fully saturated rings. The first-order valence-electron chi connectivity index (χ1n) is 6.54. The summed E-state index contributed by atoms with van der Waals surface area (Å²) in [7, 11) is -3.47. The third-order valence-electron chi connectivity index (χ3n) is 3.47. The van der Waals surface area contributed by atoms with Gasteiger partial charge in [-0.25, -0.2) is 26.7 Å². The molecule has 124 valence electrons. The molecular formula is C14H14F2N2O4S. The van der Waals surface area contributed by atoms with Crippen LogP contribution in [0.4, 0.5) is 13.6 Å². The Morgan fingerprint density at radius 1 is 1.39 bits per heavy atom. The first kappa shape index (κ1) is 17.0. The number of amides is 2. The summed E-state index contributed by atoms with van der Waals surface area (Å²) >= 11 is 0. The fraction of sp³-hybridized carbons (Fsp3) is 0.357. The number of nitrogens with one attached hydrogen (secondary N) is 2. The number of carbonyl (C=O) groups is 1. The average molecular weight is 344 g/mol. The molecule has 0 radical (unpaired) electrons. The second-order valence-electron chi connectivity index (χ2n) is 5.13. The lowest BCUT2D eigenvalue weighted by molar-refractivity contribution is 0.244. The monoisotopic (exact) mass is 344 g/mol. The Morgan fingerprint density at radius 2 is 2.04 bits per heavy atom. The van der Waals surface area contributed by atoms with Crippen LogP contribution in [0.1, 0.15) is 12.8 Å². The molecule has 0 atom stereocenters. The van der Waals surface area contributed by atoms with Crippen molar-refractivity contribution in [3.8, 4) is 18.1 Å². The lowest BCUT2D eigenvalue weighted by atomic mass is 10.1. The number of urea groups is 1. The fourth-order valence-corrected chi connectivity index (χ4v) is 2.86. The van der Waals surface area contributed by atoms with Crippen molar-refractivity contribution in [3.63, 3.8) is 0 Å². The van der Waals surface area contributed by atoms with E-state index in [0.29, 0.717) is 12.1 Å². The van der Waals surface area contributed by atoms with E-state index in [0.717, 1.165) is 20.0 Å². The van der Waals surface area contributed by atoms with Crippen molar-refractivity contribution in [3.05, 3.63) is 23.8 Å². The van der Waals surface area contributed by atoms with Crippen LogP contribution in [0.3, 0.4) is 0 Å². The number of carbonyl (C=O) groups excluding carboxylic acids is 1. The van der Waals surface area contributed by atoms with E-state index in [1.165, 1.54) is 0 Å². The Balaban J connectivity index is 2.11. The number of benzene rings is 1. The molecule has 6 nitrogen and oxygen atoms in total. The van der Waals surface area contributed by atoms with Crippen LogP contribution in [0.2, 0.25) is 0 Å². The third-order valence-corrected chi connectivity index (χ3v) is 4.82. The van der Waals surface area contributed by atoms with Gasteiger partial charge in [-0.3, -0.25) is 0 Å². The highest BCUT2D eigenvalue weighted by Gasteiger charge is 2.41. The van der Waals surface area contributed by atoms with Crippen LogP contribution in [0.25, 0.3) is 0 Å². The fourth-order valence-electron chi connectivity index (χ4n) is 1.86. The van der Waals surface area contributed by atoms with Gasteiger partial charge in [0.2, 0.25) is 0 Å². The molecule has 0 heterocycles. The third kappa shape index (κ3) is 3.71. The van der Waals surface area contributed by atoms with E-state index in [-0.39, 0.29) is 6.54 Å². The van der Waals surface area contributed by atoms with Gasteiger partial charge in [0.25, 0.3) is 10.0 Å². The zero-order chi connectivity index (χ0) is 17.3. The van der Waals surface area contributed by atoms with Gasteiger partial charge >= 0.3 is 6.03 Å². The van der Waals surface area contributed by atoms with E-state index < -0.39 is 43.7 Å². The molecule has 0 spiro atoms. The maximum atomic E-state index is 13.8. The Kier molecular flexibility index (Phi) is 4.47. The van der Waals surface area contributed by atoms with Crippen LogP contribution in [-0.4, -0.2) is 28.1 Å². The molecule has 2 N–H and O–H groups in total. The number of hydrogen-bond donors (Lipinski definition) is 2. The number of halogens is 2. The summed E-state index contributed by atoms with van der Waals surface area (Å²) in [6.07, 6.45) is 6.76. The van der Waals surface area contributed by atoms with Crippen molar-refractivity contribution < 1.29 is 26.7 Å². The minimum atomic E-state index is -4.58. The molecule has 0 bridgehead atoms. The quantitative estimate of drug-likeness (QED) is 0.790. The van der Waals surface area contributed by atoms with Crippen LogP contribution in [-0.2, 0) is 10.0 Å². The van der Waals surface area contributed by atoms with E-state index in [1.807, 2.05) is 0 Å². The predicted molar refractivity (Wildman–Crippen MR) is 77.1 cm³/mol. The Bertz CT molecular complexity index is 783. The molecular weight excluding hydrogens is 330 g/mol. The van der Waals surface area contributed by atoms with Crippen molar-refractivity contribution in [1.29, 1.82) is 0 Å². The minimum absolute atomic E-state index is 0.101. The molecule has 0 saturated heterocycles. The van der Waals surface area contributed by atoms with E-state index >= 15 is 0 Å². The first-order chi connectivity index (χ1) is 10.7. The van der Waals surface area contributed by atoms with Crippen LogP contribution in [0.5, 0.6) is 5.75 Å². The SMILES string of the molecule is C#CC1(CNC(=O)NS(=O)(=O)c2cc(F)c(OC)cc2F)CC1. The largest absolute Gasteiger partial charge is 0.494 e. The van der Waals surface area contributed by atoms with E-state index in [9.17, 15) is 22.0 Å². The molecule has 9 heteroatoms. The van der Waals surface area contributed by atoms with Crippen molar-refractivity contribution >= 4 is 16.1 Å². The highest BCUT2D eigenvalue weighted by atomic mass is 32.2. The van der Waals surface area contributed by atoms with Gasteiger partial charge in [0.15, 0.2) is 11.6 Å². The summed E-state index contributed by atoms with van der Waals surface area (Å²) in [6.45, 7) is 0.101. The summed E-state index contributed by atoms with van der Waals surface area (Å²) in [5.74, 6) is -0.247. The van der Waals surface area contributed by atoms with Crippen molar-refractivity contribution in [2.45, 2.75) is 17.7 Å². The van der Waals surface area contributed by atoms with E-state index in [2.05, 4.69) is 16.0 Å². The molecule has 1 aromatic rings. The van der Waals surface area contributed by atoms with Gasteiger partial charge in [0, 0.05) is 24.1 Å². The molecule has 0 aromatic heterocycles. The Labute approximate surface area is 132 Å². The topological polar surface area (TPSA) is 84.5 Å². The number of methoxy groups -OCH3 is 1. The smallest absolute Gasteiger partial charge is 0.328 e.